The van der Waals surface area contributed by atoms with Crippen molar-refractivity contribution in [2.45, 2.75) is 0 Å². The highest BCUT2D eigenvalue weighted by molar-refractivity contribution is 6.30. The molecule has 3 rings (SSSR count). The largest absolute Gasteiger partial charge is 0.338 e. The van der Waals surface area contributed by atoms with Crippen molar-refractivity contribution < 1.29 is 18.0 Å². The second-order valence-corrected chi connectivity index (χ2v) is 6.06. The number of nitrogens with zero attached hydrogens (tertiary/aromatic N) is 2. The first-order valence-corrected chi connectivity index (χ1v) is 8.48. The highest BCUT2D eigenvalue weighted by Crippen LogP contribution is 2.25. The molecule has 0 aliphatic carbocycles. The first-order valence-electron chi connectivity index (χ1n) is 8.10. The molecule has 1 heterocycles. The van der Waals surface area contributed by atoms with Crippen LogP contribution in [0.1, 0.15) is 0 Å². The molecule has 1 amide bonds. The normalized spacial score (nSPS) is 10.3. The number of anilines is 5. The van der Waals surface area contributed by atoms with Gasteiger partial charge in [0.25, 0.3) is 0 Å². The van der Waals surface area contributed by atoms with Crippen LogP contribution in [-0.4, -0.2) is 15.9 Å². The van der Waals surface area contributed by atoms with E-state index >= 15 is 0 Å². The number of amides is 1. The van der Waals surface area contributed by atoms with Crippen LogP contribution in [0.15, 0.2) is 55.3 Å². The van der Waals surface area contributed by atoms with Gasteiger partial charge in [-0.25, -0.2) is 18.2 Å². The van der Waals surface area contributed by atoms with Crippen molar-refractivity contribution >= 4 is 46.3 Å². The van der Waals surface area contributed by atoms with Gasteiger partial charge in [0.1, 0.15) is 11.6 Å². The van der Waals surface area contributed by atoms with E-state index in [1.54, 1.807) is 0 Å². The van der Waals surface area contributed by atoms with Gasteiger partial charge in [0.2, 0.25) is 11.9 Å². The lowest BCUT2D eigenvalue weighted by Gasteiger charge is -2.11. The van der Waals surface area contributed by atoms with E-state index in [1.807, 2.05) is 0 Å². The molecule has 0 fully saturated rings. The number of benzene rings is 2. The molecule has 0 spiro atoms. The molecule has 0 atom stereocenters. The summed E-state index contributed by atoms with van der Waals surface area (Å²) in [6.07, 6.45) is 1.91. The third-order valence-electron chi connectivity index (χ3n) is 3.59. The molecule has 148 valence electrons. The van der Waals surface area contributed by atoms with Gasteiger partial charge in [-0.05, 0) is 42.5 Å². The molecule has 0 unspecified atom stereocenters. The molecule has 10 heteroatoms. The molecule has 0 aliphatic rings. The van der Waals surface area contributed by atoms with Crippen LogP contribution in [0.5, 0.6) is 0 Å². The van der Waals surface area contributed by atoms with Crippen LogP contribution in [-0.2, 0) is 4.79 Å². The van der Waals surface area contributed by atoms with Gasteiger partial charge >= 0.3 is 0 Å². The minimum absolute atomic E-state index is 0.0176. The standard InChI is InChI=1S/C19H13ClF3N5O/c1-2-17(29)27-16-8-11(4-6-13(16)21)26-19-24-9-15(23)18(28-19)25-10-3-5-12(20)14(22)7-10/h2-9H,1H2,(H,27,29)(H2,24,25,26,28). The van der Waals surface area contributed by atoms with E-state index in [4.69, 9.17) is 11.6 Å². The van der Waals surface area contributed by atoms with Gasteiger partial charge < -0.3 is 16.0 Å². The van der Waals surface area contributed by atoms with Crippen LogP contribution in [0.3, 0.4) is 0 Å². The van der Waals surface area contributed by atoms with Crippen molar-refractivity contribution in [3.63, 3.8) is 0 Å². The fraction of sp³-hybridized carbons (Fsp3) is 0. The summed E-state index contributed by atoms with van der Waals surface area (Å²) in [7, 11) is 0. The summed E-state index contributed by atoms with van der Waals surface area (Å²) in [5.74, 6) is -2.92. The third-order valence-corrected chi connectivity index (χ3v) is 3.90. The predicted molar refractivity (Wildman–Crippen MR) is 105 cm³/mol. The van der Waals surface area contributed by atoms with Gasteiger partial charge in [-0.1, -0.05) is 18.2 Å². The lowest BCUT2D eigenvalue weighted by molar-refractivity contribution is -0.111. The summed E-state index contributed by atoms with van der Waals surface area (Å²) in [5.41, 5.74) is 0.476. The highest BCUT2D eigenvalue weighted by Gasteiger charge is 2.11. The molecule has 0 radical (unpaired) electrons. The van der Waals surface area contributed by atoms with Crippen LogP contribution in [0.25, 0.3) is 0 Å². The zero-order chi connectivity index (χ0) is 21.0. The van der Waals surface area contributed by atoms with Gasteiger partial charge in [-0.3, -0.25) is 4.79 Å². The minimum atomic E-state index is -0.774. The molecule has 2 aromatic carbocycles. The van der Waals surface area contributed by atoms with Crippen molar-refractivity contribution in [1.29, 1.82) is 0 Å². The van der Waals surface area contributed by atoms with Crippen molar-refractivity contribution in [2.24, 2.45) is 0 Å². The number of rotatable bonds is 6. The number of aromatic nitrogens is 2. The Bertz CT molecular complexity index is 1090. The first-order chi connectivity index (χ1) is 13.9. The summed E-state index contributed by atoms with van der Waals surface area (Å²) in [4.78, 5) is 19.2. The summed E-state index contributed by atoms with van der Waals surface area (Å²) in [6.45, 7) is 3.30. The Kier molecular flexibility index (Phi) is 5.99. The molecule has 6 nitrogen and oxygen atoms in total. The fourth-order valence-electron chi connectivity index (χ4n) is 2.24. The zero-order valence-electron chi connectivity index (χ0n) is 14.6. The SMILES string of the molecule is C=CC(=O)Nc1cc(Nc2ncc(F)c(Nc3ccc(Cl)c(F)c3)n2)ccc1F. The number of nitrogens with one attached hydrogen (secondary N) is 3. The predicted octanol–water partition coefficient (Wildman–Crippen LogP) is 5.16. The fourth-order valence-corrected chi connectivity index (χ4v) is 2.35. The Morgan fingerprint density at radius 1 is 1.00 bits per heavy atom. The average molecular weight is 420 g/mol. The maximum absolute atomic E-state index is 14.0. The zero-order valence-corrected chi connectivity index (χ0v) is 15.4. The summed E-state index contributed by atoms with van der Waals surface area (Å²) < 4.78 is 41.4. The van der Waals surface area contributed by atoms with Crippen molar-refractivity contribution in [3.05, 3.63) is 77.7 Å². The van der Waals surface area contributed by atoms with Crippen molar-refractivity contribution in [3.8, 4) is 0 Å². The second-order valence-electron chi connectivity index (χ2n) is 5.66. The number of carbonyl (C=O) groups is 1. The second kappa shape index (κ2) is 8.61. The highest BCUT2D eigenvalue weighted by atomic mass is 35.5. The molecule has 3 N–H and O–H groups in total. The monoisotopic (exact) mass is 419 g/mol. The number of carbonyl (C=O) groups excluding carboxylic acids is 1. The Balaban J connectivity index is 1.82. The maximum Gasteiger partial charge on any atom is 0.247 e. The lowest BCUT2D eigenvalue weighted by atomic mass is 10.2. The molecule has 0 bridgehead atoms. The number of halogens is 4. The molecule has 0 saturated carbocycles. The number of hydrogen-bond donors (Lipinski definition) is 3. The molecule has 0 saturated heterocycles. The number of hydrogen-bond acceptors (Lipinski definition) is 5. The van der Waals surface area contributed by atoms with E-state index < -0.39 is 23.4 Å². The van der Waals surface area contributed by atoms with Gasteiger partial charge in [0, 0.05) is 11.4 Å². The molecule has 3 aromatic rings. The Morgan fingerprint density at radius 3 is 2.45 bits per heavy atom. The first kappa shape index (κ1) is 20.2. The quantitative estimate of drug-likeness (QED) is 0.481. The Hall–Kier alpha value is -3.59. The van der Waals surface area contributed by atoms with Crippen LogP contribution < -0.4 is 16.0 Å². The Labute approximate surface area is 168 Å². The van der Waals surface area contributed by atoms with Crippen molar-refractivity contribution in [1.82, 2.24) is 9.97 Å². The summed E-state index contributed by atoms with van der Waals surface area (Å²) in [6, 6.07) is 7.67. The van der Waals surface area contributed by atoms with Gasteiger partial charge in [-0.2, -0.15) is 4.98 Å². The van der Waals surface area contributed by atoms with Crippen molar-refractivity contribution in [2.75, 3.05) is 16.0 Å². The Morgan fingerprint density at radius 2 is 1.72 bits per heavy atom. The smallest absolute Gasteiger partial charge is 0.247 e. The minimum Gasteiger partial charge on any atom is -0.338 e. The molecule has 29 heavy (non-hydrogen) atoms. The van der Waals surface area contributed by atoms with E-state index in [2.05, 4.69) is 32.5 Å². The maximum atomic E-state index is 14.0. The molecule has 0 aliphatic heterocycles. The van der Waals surface area contributed by atoms with E-state index in [9.17, 15) is 18.0 Å². The topological polar surface area (TPSA) is 78.9 Å². The molecular weight excluding hydrogens is 407 g/mol. The van der Waals surface area contributed by atoms with E-state index in [-0.39, 0.29) is 28.2 Å². The van der Waals surface area contributed by atoms with E-state index in [0.717, 1.165) is 24.4 Å². The van der Waals surface area contributed by atoms with E-state index in [1.165, 1.54) is 24.3 Å². The third kappa shape index (κ3) is 5.02. The lowest BCUT2D eigenvalue weighted by Crippen LogP contribution is -2.09. The van der Waals surface area contributed by atoms with Crippen LogP contribution >= 0.6 is 11.6 Å². The summed E-state index contributed by atoms with van der Waals surface area (Å²) in [5, 5.41) is 7.64. The van der Waals surface area contributed by atoms with Crippen LogP contribution in [0.4, 0.5) is 42.0 Å². The summed E-state index contributed by atoms with van der Waals surface area (Å²) >= 11 is 5.62. The van der Waals surface area contributed by atoms with Gasteiger partial charge in [0.05, 0.1) is 16.9 Å². The van der Waals surface area contributed by atoms with Crippen LogP contribution in [0, 0.1) is 17.5 Å². The van der Waals surface area contributed by atoms with Gasteiger partial charge in [-0.15, -0.1) is 0 Å². The van der Waals surface area contributed by atoms with Crippen LogP contribution in [0.2, 0.25) is 5.02 Å². The molecule has 1 aromatic heterocycles. The molecular formula is C19H13ClF3N5O. The average Bonchev–Trinajstić information content (AvgIpc) is 2.69. The van der Waals surface area contributed by atoms with E-state index in [0.29, 0.717) is 5.69 Å². The van der Waals surface area contributed by atoms with Gasteiger partial charge in [0.15, 0.2) is 11.6 Å².